The molecular formula is C22H40N2O5. The van der Waals surface area contributed by atoms with Crippen LogP contribution < -0.4 is 11.1 Å². The number of nitrogens with two attached hydrogens (primary N) is 1. The maximum atomic E-state index is 11.9. The summed E-state index contributed by atoms with van der Waals surface area (Å²) in [5, 5.41) is 2.81. The average Bonchev–Trinajstić information content (AvgIpc) is 2.79. The Balaban J connectivity index is 0. The van der Waals surface area contributed by atoms with Gasteiger partial charge >= 0.3 is 0 Å². The van der Waals surface area contributed by atoms with E-state index in [1.165, 1.54) is 0 Å². The molecule has 0 atom stereocenters. The molecule has 0 aliphatic heterocycles. The number of benzene rings is 1. The minimum Gasteiger partial charge on any atom is -0.379 e. The standard InChI is InChI=1S/C18H28N2O5.2C2H6/c19-7-1-9-23-11-13-25-14-12-24-10-2-8-20-18(22)17-5-3-16(15-21)4-6-17;2*1-2/h3-6,15H,1-2,7-14,19H2,(H,20,22);2*1-2H3. The fraction of sp³-hybridized carbons (Fsp3) is 0.636. The van der Waals surface area contributed by atoms with Crippen LogP contribution in [0.1, 0.15) is 61.3 Å². The minimum atomic E-state index is -0.157. The van der Waals surface area contributed by atoms with Crippen LogP contribution in [0.4, 0.5) is 0 Å². The van der Waals surface area contributed by atoms with Crippen LogP contribution in [0.25, 0.3) is 0 Å². The molecule has 3 N–H and O–H groups in total. The van der Waals surface area contributed by atoms with E-state index < -0.39 is 0 Å². The van der Waals surface area contributed by atoms with Crippen molar-refractivity contribution in [1.29, 1.82) is 0 Å². The van der Waals surface area contributed by atoms with Crippen LogP contribution >= 0.6 is 0 Å². The first kappa shape index (κ1) is 29.4. The lowest BCUT2D eigenvalue weighted by Gasteiger charge is -2.07. The van der Waals surface area contributed by atoms with Crippen LogP contribution in [-0.2, 0) is 14.2 Å². The number of hydrogen-bond acceptors (Lipinski definition) is 6. The van der Waals surface area contributed by atoms with E-state index in [-0.39, 0.29) is 5.91 Å². The van der Waals surface area contributed by atoms with E-state index in [0.717, 1.165) is 19.1 Å². The summed E-state index contributed by atoms with van der Waals surface area (Å²) < 4.78 is 16.1. The van der Waals surface area contributed by atoms with Crippen LogP contribution in [0.5, 0.6) is 0 Å². The summed E-state index contributed by atoms with van der Waals surface area (Å²) >= 11 is 0. The van der Waals surface area contributed by atoms with Gasteiger partial charge in [-0.1, -0.05) is 39.8 Å². The smallest absolute Gasteiger partial charge is 0.251 e. The Hall–Kier alpha value is -1.80. The second kappa shape index (κ2) is 24.2. The van der Waals surface area contributed by atoms with Crippen LogP contribution in [0.3, 0.4) is 0 Å². The van der Waals surface area contributed by atoms with Gasteiger partial charge < -0.3 is 25.3 Å². The van der Waals surface area contributed by atoms with Crippen molar-refractivity contribution < 1.29 is 23.8 Å². The summed E-state index contributed by atoms with van der Waals surface area (Å²) in [6.45, 7) is 12.6. The SMILES string of the molecule is CC.CC.NCCCOCCOCCOCCCNC(=O)c1ccc(C=O)cc1. The second-order valence-corrected chi connectivity index (χ2v) is 5.33. The predicted molar refractivity (Wildman–Crippen MR) is 118 cm³/mol. The molecule has 0 radical (unpaired) electrons. The Bertz CT molecular complexity index is 481. The van der Waals surface area contributed by atoms with Gasteiger partial charge in [0.05, 0.1) is 26.4 Å². The molecule has 1 amide bonds. The van der Waals surface area contributed by atoms with Crippen LogP contribution in [0, 0.1) is 0 Å². The van der Waals surface area contributed by atoms with Gasteiger partial charge in [-0.15, -0.1) is 0 Å². The highest BCUT2D eigenvalue weighted by molar-refractivity contribution is 5.94. The van der Waals surface area contributed by atoms with E-state index in [9.17, 15) is 9.59 Å². The monoisotopic (exact) mass is 412 g/mol. The van der Waals surface area contributed by atoms with Crippen molar-refractivity contribution in [2.24, 2.45) is 5.73 Å². The first-order chi connectivity index (χ1) is 14.3. The highest BCUT2D eigenvalue weighted by Gasteiger charge is 2.04. The van der Waals surface area contributed by atoms with E-state index in [4.69, 9.17) is 19.9 Å². The first-order valence-electron chi connectivity index (χ1n) is 10.5. The number of ether oxygens (including phenoxy) is 3. The number of aldehydes is 1. The summed E-state index contributed by atoms with van der Waals surface area (Å²) in [6, 6.07) is 6.50. The summed E-state index contributed by atoms with van der Waals surface area (Å²) in [5.74, 6) is -0.157. The van der Waals surface area contributed by atoms with Gasteiger partial charge in [0, 0.05) is 30.9 Å². The van der Waals surface area contributed by atoms with Crippen molar-refractivity contribution in [2.45, 2.75) is 40.5 Å². The highest BCUT2D eigenvalue weighted by atomic mass is 16.5. The molecule has 0 aromatic heterocycles. The number of hydrogen-bond donors (Lipinski definition) is 2. The van der Waals surface area contributed by atoms with E-state index in [1.54, 1.807) is 24.3 Å². The van der Waals surface area contributed by atoms with Crippen molar-refractivity contribution in [3.05, 3.63) is 35.4 Å². The average molecular weight is 413 g/mol. The normalized spacial score (nSPS) is 9.55. The fourth-order valence-corrected chi connectivity index (χ4v) is 1.92. The number of carbonyl (C=O) groups is 2. The maximum absolute atomic E-state index is 11.9. The molecule has 0 aliphatic carbocycles. The number of nitrogens with one attached hydrogen (secondary N) is 1. The number of rotatable bonds is 15. The Kier molecular flexibility index (Phi) is 24.6. The summed E-state index contributed by atoms with van der Waals surface area (Å²) in [6.07, 6.45) is 2.34. The van der Waals surface area contributed by atoms with Crippen LogP contribution in [0.2, 0.25) is 0 Å². The zero-order chi connectivity index (χ0) is 22.2. The van der Waals surface area contributed by atoms with E-state index in [1.807, 2.05) is 27.7 Å². The van der Waals surface area contributed by atoms with E-state index >= 15 is 0 Å². The lowest BCUT2D eigenvalue weighted by Crippen LogP contribution is -2.25. The largest absolute Gasteiger partial charge is 0.379 e. The predicted octanol–water partition coefficient (Wildman–Crippen LogP) is 3.07. The van der Waals surface area contributed by atoms with Crippen molar-refractivity contribution in [1.82, 2.24) is 5.32 Å². The summed E-state index contributed by atoms with van der Waals surface area (Å²) in [4.78, 5) is 22.4. The molecule has 1 aromatic rings. The van der Waals surface area contributed by atoms with Crippen molar-refractivity contribution in [3.63, 3.8) is 0 Å². The molecule has 0 saturated heterocycles. The number of carbonyl (C=O) groups excluding carboxylic acids is 2. The van der Waals surface area contributed by atoms with Gasteiger partial charge in [0.2, 0.25) is 0 Å². The molecule has 1 rings (SSSR count). The molecule has 7 nitrogen and oxygen atoms in total. The lowest BCUT2D eigenvalue weighted by atomic mass is 10.1. The molecule has 0 unspecified atom stereocenters. The maximum Gasteiger partial charge on any atom is 0.251 e. The van der Waals surface area contributed by atoms with Gasteiger partial charge in [0.25, 0.3) is 5.91 Å². The molecule has 0 spiro atoms. The molecule has 0 bridgehead atoms. The minimum absolute atomic E-state index is 0.157. The van der Waals surface area contributed by atoms with E-state index in [0.29, 0.717) is 63.9 Å². The molecule has 0 aliphatic rings. The quantitative estimate of drug-likeness (QED) is 0.339. The lowest BCUT2D eigenvalue weighted by molar-refractivity contribution is 0.0141. The van der Waals surface area contributed by atoms with Gasteiger partial charge in [-0.05, 0) is 31.5 Å². The van der Waals surface area contributed by atoms with Gasteiger partial charge in [-0.2, -0.15) is 0 Å². The molecule has 1 aromatic carbocycles. The molecular weight excluding hydrogens is 372 g/mol. The second-order valence-electron chi connectivity index (χ2n) is 5.33. The van der Waals surface area contributed by atoms with Crippen molar-refractivity contribution in [2.75, 3.05) is 52.7 Å². The third kappa shape index (κ3) is 18.0. The van der Waals surface area contributed by atoms with Gasteiger partial charge in [-0.25, -0.2) is 0 Å². The van der Waals surface area contributed by atoms with Crippen molar-refractivity contribution >= 4 is 12.2 Å². The Morgan fingerprint density at radius 2 is 1.34 bits per heavy atom. The molecule has 168 valence electrons. The van der Waals surface area contributed by atoms with Crippen LogP contribution in [-0.4, -0.2) is 64.9 Å². The molecule has 7 heteroatoms. The third-order valence-electron chi connectivity index (χ3n) is 3.30. The Morgan fingerprint density at radius 1 is 0.862 bits per heavy atom. The molecule has 0 saturated carbocycles. The third-order valence-corrected chi connectivity index (χ3v) is 3.30. The van der Waals surface area contributed by atoms with Crippen LogP contribution in [0.15, 0.2) is 24.3 Å². The Labute approximate surface area is 176 Å². The highest BCUT2D eigenvalue weighted by Crippen LogP contribution is 2.02. The Morgan fingerprint density at radius 3 is 1.83 bits per heavy atom. The topological polar surface area (TPSA) is 99.9 Å². The molecule has 0 heterocycles. The van der Waals surface area contributed by atoms with Crippen molar-refractivity contribution in [3.8, 4) is 0 Å². The summed E-state index contributed by atoms with van der Waals surface area (Å²) in [7, 11) is 0. The fourth-order valence-electron chi connectivity index (χ4n) is 1.92. The zero-order valence-electron chi connectivity index (χ0n) is 18.6. The van der Waals surface area contributed by atoms with Gasteiger partial charge in [-0.3, -0.25) is 9.59 Å². The first-order valence-corrected chi connectivity index (χ1v) is 10.5. The van der Waals surface area contributed by atoms with Gasteiger partial charge in [0.1, 0.15) is 6.29 Å². The molecule has 0 fully saturated rings. The zero-order valence-corrected chi connectivity index (χ0v) is 18.6. The number of amides is 1. The van der Waals surface area contributed by atoms with Gasteiger partial charge in [0.15, 0.2) is 0 Å². The summed E-state index contributed by atoms with van der Waals surface area (Å²) in [5.41, 5.74) is 6.44. The molecule has 29 heavy (non-hydrogen) atoms. The van der Waals surface area contributed by atoms with E-state index in [2.05, 4.69) is 5.32 Å².